The monoisotopic (exact) mass is 706 g/mol. The van der Waals surface area contributed by atoms with E-state index in [4.69, 9.17) is 24.3 Å². The van der Waals surface area contributed by atoms with Crippen LogP contribution in [0.5, 0.6) is 0 Å². The van der Waals surface area contributed by atoms with Gasteiger partial charge in [0.2, 0.25) is 0 Å². The first-order valence-electron chi connectivity index (χ1n) is 18.0. The predicted octanol–water partition coefficient (Wildman–Crippen LogP) is 10.6. The van der Waals surface area contributed by atoms with Crippen LogP contribution in [0.1, 0.15) is 27.7 Å². The van der Waals surface area contributed by atoms with Gasteiger partial charge < -0.3 is 13.9 Å². The number of hydrogen-bond donors (Lipinski definition) is 0. The molecule has 53 heavy (non-hydrogen) atoms. The van der Waals surface area contributed by atoms with Crippen molar-refractivity contribution in [2.75, 3.05) is 0 Å². The van der Waals surface area contributed by atoms with E-state index in [-0.39, 0.29) is 0 Å². The van der Waals surface area contributed by atoms with Gasteiger partial charge in [-0.05, 0) is 57.4 Å². The molecule has 1 aliphatic heterocycles. The van der Waals surface area contributed by atoms with Crippen molar-refractivity contribution in [3.63, 3.8) is 0 Å². The van der Waals surface area contributed by atoms with Crippen LogP contribution in [0.25, 0.3) is 81.8 Å². The fourth-order valence-electron chi connectivity index (χ4n) is 7.48. The highest BCUT2D eigenvalue weighted by Gasteiger charge is 2.52. The maximum Gasteiger partial charge on any atom is 0.495 e. The molecule has 0 amide bonds. The highest BCUT2D eigenvalue weighted by atomic mass is 32.1. The van der Waals surface area contributed by atoms with Crippen LogP contribution in [0.4, 0.5) is 0 Å². The maximum atomic E-state index is 6.71. The Bertz CT molecular complexity index is 2790. The molecule has 0 aliphatic carbocycles. The molecule has 0 spiro atoms. The Hall–Kier alpha value is -5.67. The third-order valence-electron chi connectivity index (χ3n) is 10.9. The van der Waals surface area contributed by atoms with E-state index in [0.717, 1.165) is 33.4 Å². The third-order valence-corrected chi connectivity index (χ3v) is 12.1. The van der Waals surface area contributed by atoms with Crippen LogP contribution in [0.15, 0.2) is 140 Å². The molecule has 6 nitrogen and oxygen atoms in total. The zero-order chi connectivity index (χ0) is 35.9. The summed E-state index contributed by atoms with van der Waals surface area (Å²) < 4.78 is 18.3. The van der Waals surface area contributed by atoms with E-state index in [2.05, 4.69) is 111 Å². The molecule has 0 N–H and O–H groups in total. The van der Waals surface area contributed by atoms with Gasteiger partial charge in [0.15, 0.2) is 17.5 Å². The fraction of sp³-hybridized carbons (Fsp3) is 0.133. The minimum Gasteiger partial charge on any atom is -0.399 e. The number of hydrogen-bond acceptors (Lipinski definition) is 6. The molecule has 1 fully saturated rings. The molecule has 8 heteroatoms. The number of fused-ring (bicyclic) bond motifs is 7. The minimum atomic E-state index is -0.631. The van der Waals surface area contributed by atoms with Gasteiger partial charge in [-0.1, -0.05) is 115 Å². The van der Waals surface area contributed by atoms with Crippen molar-refractivity contribution < 1.29 is 9.31 Å². The van der Waals surface area contributed by atoms with E-state index < -0.39 is 18.3 Å². The first kappa shape index (κ1) is 32.0. The summed E-state index contributed by atoms with van der Waals surface area (Å²) in [5.41, 5.74) is 5.77. The number of rotatable bonds is 5. The highest BCUT2D eigenvalue weighted by molar-refractivity contribution is 7.26. The molecule has 4 heterocycles. The van der Waals surface area contributed by atoms with Crippen LogP contribution < -0.4 is 5.46 Å². The molecule has 1 saturated heterocycles. The zero-order valence-electron chi connectivity index (χ0n) is 29.9. The molecular weight excluding hydrogens is 671 g/mol. The van der Waals surface area contributed by atoms with E-state index in [1.165, 1.54) is 36.5 Å². The van der Waals surface area contributed by atoms with Crippen LogP contribution in [0, 0.1) is 0 Å². The van der Waals surface area contributed by atoms with Gasteiger partial charge in [0, 0.05) is 48.6 Å². The molecule has 0 atom stereocenters. The number of nitrogens with zero attached hydrogens (tertiary/aromatic N) is 4. The second-order valence-electron chi connectivity index (χ2n) is 14.7. The molecule has 0 saturated carbocycles. The van der Waals surface area contributed by atoms with Crippen molar-refractivity contribution in [2.24, 2.45) is 0 Å². The van der Waals surface area contributed by atoms with Gasteiger partial charge in [-0.3, -0.25) is 0 Å². The van der Waals surface area contributed by atoms with E-state index >= 15 is 0 Å². The summed E-state index contributed by atoms with van der Waals surface area (Å²) in [4.78, 5) is 15.4. The van der Waals surface area contributed by atoms with Gasteiger partial charge in [-0.25, -0.2) is 15.0 Å². The van der Waals surface area contributed by atoms with Crippen LogP contribution in [-0.2, 0) is 9.31 Å². The van der Waals surface area contributed by atoms with Crippen molar-refractivity contribution in [1.82, 2.24) is 19.5 Å². The molecule has 0 unspecified atom stereocenters. The second-order valence-corrected chi connectivity index (χ2v) is 15.7. The number of benzene rings is 6. The molecular formula is C45H35BN4O2S. The van der Waals surface area contributed by atoms with Crippen molar-refractivity contribution in [3.05, 3.63) is 140 Å². The molecule has 6 aromatic carbocycles. The van der Waals surface area contributed by atoms with Crippen molar-refractivity contribution >= 4 is 65.9 Å². The molecule has 9 aromatic rings. The van der Waals surface area contributed by atoms with Crippen molar-refractivity contribution in [2.45, 2.75) is 38.9 Å². The quantitative estimate of drug-likeness (QED) is 0.167. The Morgan fingerprint density at radius 1 is 0.547 bits per heavy atom. The van der Waals surface area contributed by atoms with Gasteiger partial charge in [-0.2, -0.15) is 0 Å². The van der Waals surface area contributed by atoms with Gasteiger partial charge in [0.1, 0.15) is 0 Å². The smallest absolute Gasteiger partial charge is 0.399 e. The van der Waals surface area contributed by atoms with Crippen LogP contribution in [0.2, 0.25) is 0 Å². The third kappa shape index (κ3) is 5.12. The van der Waals surface area contributed by atoms with Crippen molar-refractivity contribution in [1.29, 1.82) is 0 Å². The van der Waals surface area contributed by atoms with Gasteiger partial charge in [-0.15, -0.1) is 11.3 Å². The largest absolute Gasteiger partial charge is 0.495 e. The number of aromatic nitrogens is 4. The lowest BCUT2D eigenvalue weighted by molar-refractivity contribution is 0.00578. The van der Waals surface area contributed by atoms with Gasteiger partial charge in [0.25, 0.3) is 0 Å². The average Bonchev–Trinajstić information content (AvgIpc) is 3.81. The summed E-state index contributed by atoms with van der Waals surface area (Å²) in [5.74, 6) is 1.75. The number of thiophene rings is 1. The summed E-state index contributed by atoms with van der Waals surface area (Å²) in [6.07, 6.45) is 0. The average molecular weight is 707 g/mol. The lowest BCUT2D eigenvalue weighted by Crippen LogP contribution is -2.41. The van der Waals surface area contributed by atoms with E-state index in [0.29, 0.717) is 17.5 Å². The van der Waals surface area contributed by atoms with E-state index in [9.17, 15) is 0 Å². The van der Waals surface area contributed by atoms with Gasteiger partial charge in [0.05, 0.1) is 26.9 Å². The minimum absolute atomic E-state index is 0.531. The Morgan fingerprint density at radius 2 is 1.11 bits per heavy atom. The molecule has 256 valence electrons. The first-order valence-corrected chi connectivity index (χ1v) is 18.8. The predicted molar refractivity (Wildman–Crippen MR) is 219 cm³/mol. The van der Waals surface area contributed by atoms with Crippen LogP contribution >= 0.6 is 11.3 Å². The summed E-state index contributed by atoms with van der Waals surface area (Å²) in [5, 5.41) is 4.95. The molecule has 0 radical (unpaired) electrons. The maximum absolute atomic E-state index is 6.71. The summed E-state index contributed by atoms with van der Waals surface area (Å²) in [6, 6.07) is 48.6. The zero-order valence-corrected chi connectivity index (χ0v) is 30.7. The van der Waals surface area contributed by atoms with Crippen LogP contribution in [0.3, 0.4) is 0 Å². The standard InChI is InChI=1S/C45H35BN4O2S/c1-44(2)45(3,4)52-46(51-44)36-26-23-30(27-35(36)43-48-41(28-15-7-5-8-16-28)47-42(49-43)29-17-9-6-10-18-29)50-37-21-13-11-19-31(37)33-24-25-34-32-20-12-14-22-38(32)53-40(34)39(33)50/h5-27H,1-4H3. The number of para-hydroxylation sites is 1. The molecule has 0 bridgehead atoms. The lowest BCUT2D eigenvalue weighted by atomic mass is 9.75. The molecule has 1 aliphatic rings. The van der Waals surface area contributed by atoms with E-state index in [1.54, 1.807) is 0 Å². The van der Waals surface area contributed by atoms with Crippen LogP contribution in [-0.4, -0.2) is 37.8 Å². The normalized spacial score (nSPS) is 15.3. The Morgan fingerprint density at radius 3 is 1.79 bits per heavy atom. The van der Waals surface area contributed by atoms with Gasteiger partial charge >= 0.3 is 7.12 Å². The van der Waals surface area contributed by atoms with E-state index in [1.807, 2.05) is 72.0 Å². The Kier molecular flexibility index (Phi) is 7.21. The Labute approximate surface area is 311 Å². The van der Waals surface area contributed by atoms with Crippen molar-refractivity contribution in [3.8, 4) is 39.9 Å². The Balaban J connectivity index is 1.27. The molecule has 10 rings (SSSR count). The second kappa shape index (κ2) is 11.9. The molecule has 3 aromatic heterocycles. The highest BCUT2D eigenvalue weighted by Crippen LogP contribution is 2.43. The topological polar surface area (TPSA) is 62.1 Å². The summed E-state index contributed by atoms with van der Waals surface area (Å²) >= 11 is 1.84. The SMILES string of the molecule is CC1(C)OB(c2ccc(-n3c4ccccc4c4ccc5c6ccccc6sc5c43)cc2-c2nc(-c3ccccc3)nc(-c3ccccc3)n2)OC1(C)C. The lowest BCUT2D eigenvalue weighted by Gasteiger charge is -2.32. The fourth-order valence-corrected chi connectivity index (χ4v) is 8.72. The summed E-state index contributed by atoms with van der Waals surface area (Å²) in [7, 11) is -0.631. The summed E-state index contributed by atoms with van der Waals surface area (Å²) in [6.45, 7) is 8.33. The first-order chi connectivity index (χ1) is 25.8.